The van der Waals surface area contributed by atoms with Gasteiger partial charge in [-0.15, -0.1) is 0 Å². The third-order valence-electron chi connectivity index (χ3n) is 9.84. The smallest absolute Gasteiger partial charge is 0.0346 e. The molecule has 0 radical (unpaired) electrons. The third-order valence-corrected chi connectivity index (χ3v) is 10.3. The van der Waals surface area contributed by atoms with Gasteiger partial charge in [-0.05, 0) is 89.8 Å². The summed E-state index contributed by atoms with van der Waals surface area (Å²) in [6.45, 7) is 9.59. The highest BCUT2D eigenvalue weighted by molar-refractivity contribution is 9.10. The van der Waals surface area contributed by atoms with E-state index in [-0.39, 0.29) is 16.7 Å². The van der Waals surface area contributed by atoms with E-state index >= 15 is 0 Å². The predicted octanol–water partition coefficient (Wildman–Crippen LogP) is 10.9. The molecule has 0 aromatic heterocycles. The fourth-order valence-corrected chi connectivity index (χ4v) is 8.15. The van der Waals surface area contributed by atoms with Gasteiger partial charge in [0.1, 0.15) is 0 Å². The van der Waals surface area contributed by atoms with Crippen molar-refractivity contribution in [2.75, 3.05) is 0 Å². The van der Waals surface area contributed by atoms with Crippen LogP contribution in [-0.2, 0) is 10.8 Å². The van der Waals surface area contributed by atoms with Gasteiger partial charge in [-0.1, -0.05) is 135 Å². The number of halogens is 1. The minimum absolute atomic E-state index is 0.0246. The van der Waals surface area contributed by atoms with E-state index in [9.17, 15) is 0 Å². The van der Waals surface area contributed by atoms with Crippen LogP contribution in [-0.4, -0.2) is 0 Å². The maximum atomic E-state index is 3.64. The molecule has 0 N–H and O–H groups in total. The molecule has 6 aromatic rings. The summed E-state index contributed by atoms with van der Waals surface area (Å²) in [7, 11) is 0. The molecule has 0 saturated heterocycles. The highest BCUT2D eigenvalue weighted by Crippen LogP contribution is 2.55. The minimum Gasteiger partial charge on any atom is -0.0619 e. The molecule has 6 aromatic carbocycles. The SMILES string of the molecule is CC1(C)c2ccccc2-c2cc3c(cc21)C(c1ccc2c(ccc4cc(Br)ccc42)c1)c1ccccc1C3(C)C. The van der Waals surface area contributed by atoms with Crippen molar-refractivity contribution in [3.63, 3.8) is 0 Å². The predicted molar refractivity (Wildman–Crippen MR) is 173 cm³/mol. The second-order valence-electron chi connectivity index (χ2n) is 12.7. The fraction of sp³-hybridized carbons (Fsp3) is 0.179. The summed E-state index contributed by atoms with van der Waals surface area (Å²) in [5, 5.41) is 5.17. The number of rotatable bonds is 1. The Morgan fingerprint density at radius 3 is 1.95 bits per heavy atom. The van der Waals surface area contributed by atoms with Crippen molar-refractivity contribution in [2.24, 2.45) is 0 Å². The molecule has 40 heavy (non-hydrogen) atoms. The molecule has 0 amide bonds. The van der Waals surface area contributed by atoms with Gasteiger partial charge < -0.3 is 0 Å². The van der Waals surface area contributed by atoms with E-state index in [2.05, 4.69) is 153 Å². The van der Waals surface area contributed by atoms with Crippen molar-refractivity contribution in [3.8, 4) is 11.1 Å². The van der Waals surface area contributed by atoms with Crippen molar-refractivity contribution < 1.29 is 0 Å². The molecule has 1 heteroatoms. The molecular weight excluding hydrogens is 548 g/mol. The number of hydrogen-bond donors (Lipinski definition) is 0. The van der Waals surface area contributed by atoms with Crippen LogP contribution in [0.5, 0.6) is 0 Å². The van der Waals surface area contributed by atoms with E-state index in [1.54, 1.807) is 0 Å². The molecule has 0 aliphatic heterocycles. The van der Waals surface area contributed by atoms with E-state index in [0.29, 0.717) is 0 Å². The van der Waals surface area contributed by atoms with Crippen molar-refractivity contribution in [1.82, 2.24) is 0 Å². The zero-order chi connectivity index (χ0) is 27.4. The highest BCUT2D eigenvalue weighted by atomic mass is 79.9. The Bertz CT molecular complexity index is 2020. The Balaban J connectivity index is 1.40. The number of hydrogen-bond acceptors (Lipinski definition) is 0. The zero-order valence-corrected chi connectivity index (χ0v) is 24.9. The van der Waals surface area contributed by atoms with Gasteiger partial charge in [-0.2, -0.15) is 0 Å². The standard InChI is InChI=1S/C39H31Br/c1-38(2)33-11-7-5-9-29(33)31-21-36-32(22-35(31)38)37(30-10-6-8-12-34(30)39(36,3)4)25-15-17-27-23(19-25)13-14-24-20-26(40)16-18-28(24)27/h5-22,37H,1-4H3. The van der Waals surface area contributed by atoms with Crippen LogP contribution in [0, 0.1) is 0 Å². The normalized spacial score (nSPS) is 17.8. The quantitative estimate of drug-likeness (QED) is 0.170. The first-order chi connectivity index (χ1) is 19.2. The fourth-order valence-electron chi connectivity index (χ4n) is 7.77. The lowest BCUT2D eigenvalue weighted by atomic mass is 9.62. The van der Waals surface area contributed by atoms with E-state index in [1.165, 1.54) is 71.6 Å². The minimum atomic E-state index is -0.0838. The molecule has 0 bridgehead atoms. The van der Waals surface area contributed by atoms with Crippen LogP contribution >= 0.6 is 15.9 Å². The molecule has 1 atom stereocenters. The topological polar surface area (TPSA) is 0 Å². The molecule has 2 aliphatic rings. The van der Waals surface area contributed by atoms with Crippen LogP contribution in [0.3, 0.4) is 0 Å². The van der Waals surface area contributed by atoms with Crippen molar-refractivity contribution in [1.29, 1.82) is 0 Å². The average Bonchev–Trinajstić information content (AvgIpc) is 3.18. The molecule has 0 nitrogen and oxygen atoms in total. The lowest BCUT2D eigenvalue weighted by Crippen LogP contribution is -2.30. The summed E-state index contributed by atoms with van der Waals surface area (Å²) >= 11 is 3.64. The van der Waals surface area contributed by atoms with Crippen molar-refractivity contribution >= 4 is 37.5 Å². The Hall–Kier alpha value is -3.68. The number of fused-ring (bicyclic) bond motifs is 8. The third kappa shape index (κ3) is 3.19. The molecule has 0 saturated carbocycles. The Morgan fingerprint density at radius 2 is 1.15 bits per heavy atom. The van der Waals surface area contributed by atoms with Crippen LogP contribution in [0.25, 0.3) is 32.7 Å². The van der Waals surface area contributed by atoms with Gasteiger partial charge >= 0.3 is 0 Å². The summed E-state index contributed by atoms with van der Waals surface area (Å²) in [4.78, 5) is 0. The maximum Gasteiger partial charge on any atom is 0.0346 e. The molecule has 194 valence electrons. The summed E-state index contributed by atoms with van der Waals surface area (Å²) in [6, 6.07) is 41.5. The van der Waals surface area contributed by atoms with Crippen LogP contribution in [0.4, 0.5) is 0 Å². The average molecular weight is 580 g/mol. The Kier molecular flexibility index (Phi) is 4.94. The van der Waals surface area contributed by atoms with Crippen LogP contribution in [0.2, 0.25) is 0 Å². The van der Waals surface area contributed by atoms with Gasteiger partial charge in [-0.25, -0.2) is 0 Å². The van der Waals surface area contributed by atoms with Crippen molar-refractivity contribution in [3.05, 3.63) is 153 Å². The van der Waals surface area contributed by atoms with Crippen molar-refractivity contribution in [2.45, 2.75) is 44.4 Å². The largest absolute Gasteiger partial charge is 0.0619 e. The summed E-state index contributed by atoms with van der Waals surface area (Å²) in [5.41, 5.74) is 12.7. The van der Waals surface area contributed by atoms with E-state index in [0.717, 1.165) is 4.47 Å². The lowest BCUT2D eigenvalue weighted by Gasteiger charge is -2.41. The monoisotopic (exact) mass is 578 g/mol. The molecule has 1 unspecified atom stereocenters. The highest BCUT2D eigenvalue weighted by Gasteiger charge is 2.42. The summed E-state index contributed by atoms with van der Waals surface area (Å²) < 4.78 is 1.12. The van der Waals surface area contributed by atoms with Gasteiger partial charge in [-0.3, -0.25) is 0 Å². The summed E-state index contributed by atoms with van der Waals surface area (Å²) in [6.07, 6.45) is 0. The van der Waals surface area contributed by atoms with Crippen LogP contribution < -0.4 is 0 Å². The lowest BCUT2D eigenvalue weighted by molar-refractivity contribution is 0.594. The van der Waals surface area contributed by atoms with E-state index in [4.69, 9.17) is 0 Å². The second kappa shape index (κ2) is 8.18. The van der Waals surface area contributed by atoms with E-state index < -0.39 is 0 Å². The van der Waals surface area contributed by atoms with Gasteiger partial charge in [0, 0.05) is 21.2 Å². The zero-order valence-electron chi connectivity index (χ0n) is 23.3. The van der Waals surface area contributed by atoms with Gasteiger partial charge in [0.15, 0.2) is 0 Å². The maximum absolute atomic E-state index is 3.64. The second-order valence-corrected chi connectivity index (χ2v) is 13.6. The molecule has 2 aliphatic carbocycles. The van der Waals surface area contributed by atoms with E-state index in [1.807, 2.05) is 0 Å². The first kappa shape index (κ1) is 24.1. The molecule has 0 spiro atoms. The van der Waals surface area contributed by atoms with Gasteiger partial charge in [0.2, 0.25) is 0 Å². The van der Waals surface area contributed by atoms with Gasteiger partial charge in [0.05, 0.1) is 0 Å². The summed E-state index contributed by atoms with van der Waals surface area (Å²) in [5.74, 6) is 0.189. The van der Waals surface area contributed by atoms with Crippen LogP contribution in [0.15, 0.2) is 114 Å². The first-order valence-corrected chi connectivity index (χ1v) is 15.0. The number of benzene rings is 6. The Morgan fingerprint density at radius 1 is 0.500 bits per heavy atom. The van der Waals surface area contributed by atoms with Gasteiger partial charge in [0.25, 0.3) is 0 Å². The molecule has 0 fully saturated rings. The molecular formula is C39H31Br. The first-order valence-electron chi connectivity index (χ1n) is 14.3. The Labute approximate surface area is 244 Å². The van der Waals surface area contributed by atoms with Crippen LogP contribution in [0.1, 0.15) is 72.6 Å². The molecule has 0 heterocycles. The molecule has 8 rings (SSSR count).